The first kappa shape index (κ1) is 22.8. The van der Waals surface area contributed by atoms with Crippen LogP contribution in [0.5, 0.6) is 0 Å². The van der Waals surface area contributed by atoms with E-state index in [4.69, 9.17) is 16.3 Å². The molecule has 1 aromatic carbocycles. The summed E-state index contributed by atoms with van der Waals surface area (Å²) in [6.45, 7) is 6.66. The van der Waals surface area contributed by atoms with Gasteiger partial charge in [0, 0.05) is 33.4 Å². The fraction of sp³-hybridized carbons (Fsp3) is 0.375. The fourth-order valence-electron chi connectivity index (χ4n) is 3.29. The standard InChI is InChI=1S/C24H28ClN3O3/c1-24(2,3)31-23(30)28-12-9-16(10-13-28)21-15-18(8-11-26-21)17-6-7-19(20(25)14-17)22(29)27(4)5/h6-9,11,14-15H,10,12-13H2,1-5H3. The summed E-state index contributed by atoms with van der Waals surface area (Å²) < 4.78 is 5.45. The molecule has 2 aromatic rings. The van der Waals surface area contributed by atoms with Crippen LogP contribution < -0.4 is 0 Å². The molecule has 3 rings (SSSR count). The largest absolute Gasteiger partial charge is 0.444 e. The Morgan fingerprint density at radius 2 is 1.84 bits per heavy atom. The average molecular weight is 442 g/mol. The molecule has 2 amide bonds. The van der Waals surface area contributed by atoms with Crippen molar-refractivity contribution in [2.24, 2.45) is 0 Å². The fourth-order valence-corrected chi connectivity index (χ4v) is 3.55. The average Bonchev–Trinajstić information content (AvgIpc) is 2.72. The van der Waals surface area contributed by atoms with E-state index in [1.807, 2.05) is 45.0 Å². The highest BCUT2D eigenvalue weighted by molar-refractivity contribution is 6.34. The second kappa shape index (κ2) is 9.10. The van der Waals surface area contributed by atoms with E-state index in [1.54, 1.807) is 37.3 Å². The van der Waals surface area contributed by atoms with Gasteiger partial charge in [0.05, 0.1) is 16.3 Å². The van der Waals surface area contributed by atoms with E-state index in [2.05, 4.69) is 4.98 Å². The smallest absolute Gasteiger partial charge is 0.410 e. The number of aromatic nitrogens is 1. The maximum atomic E-state index is 12.3. The Morgan fingerprint density at radius 1 is 1.13 bits per heavy atom. The molecule has 1 aliphatic rings. The third kappa shape index (κ3) is 5.64. The summed E-state index contributed by atoms with van der Waals surface area (Å²) in [6.07, 6.45) is 4.18. The van der Waals surface area contributed by atoms with E-state index in [9.17, 15) is 9.59 Å². The lowest BCUT2D eigenvalue weighted by atomic mass is 9.99. The van der Waals surface area contributed by atoms with E-state index in [-0.39, 0.29) is 12.0 Å². The normalized spacial score (nSPS) is 14.1. The van der Waals surface area contributed by atoms with E-state index in [0.29, 0.717) is 30.1 Å². The monoisotopic (exact) mass is 441 g/mol. The zero-order chi connectivity index (χ0) is 22.8. The molecule has 0 bridgehead atoms. The lowest BCUT2D eigenvalue weighted by molar-refractivity contribution is 0.0270. The topological polar surface area (TPSA) is 62.7 Å². The number of hydrogen-bond donors (Lipinski definition) is 0. The second-order valence-corrected chi connectivity index (χ2v) is 9.14. The van der Waals surface area contributed by atoms with Crippen molar-refractivity contribution >= 4 is 29.2 Å². The van der Waals surface area contributed by atoms with Gasteiger partial charge in [-0.15, -0.1) is 0 Å². The predicted molar refractivity (Wildman–Crippen MR) is 123 cm³/mol. The molecule has 0 saturated carbocycles. The number of halogens is 1. The first-order chi connectivity index (χ1) is 14.5. The van der Waals surface area contributed by atoms with Crippen LogP contribution in [0.3, 0.4) is 0 Å². The number of rotatable bonds is 3. The van der Waals surface area contributed by atoms with Gasteiger partial charge in [0.2, 0.25) is 0 Å². The molecule has 1 aliphatic heterocycles. The third-order valence-corrected chi connectivity index (χ3v) is 5.20. The van der Waals surface area contributed by atoms with E-state index >= 15 is 0 Å². The molecule has 2 heterocycles. The molecule has 0 unspecified atom stereocenters. The van der Waals surface area contributed by atoms with Gasteiger partial charge in [0.15, 0.2) is 0 Å². The maximum absolute atomic E-state index is 12.3. The highest BCUT2D eigenvalue weighted by Crippen LogP contribution is 2.29. The molecule has 1 aromatic heterocycles. The number of benzene rings is 1. The minimum atomic E-state index is -0.509. The molecule has 0 saturated heterocycles. The van der Waals surface area contributed by atoms with Crippen molar-refractivity contribution in [3.05, 3.63) is 58.9 Å². The van der Waals surface area contributed by atoms with Crippen molar-refractivity contribution in [3.8, 4) is 11.1 Å². The molecule has 0 N–H and O–H groups in total. The first-order valence-corrected chi connectivity index (χ1v) is 10.6. The van der Waals surface area contributed by atoms with Gasteiger partial charge in [-0.25, -0.2) is 4.79 Å². The summed E-state index contributed by atoms with van der Waals surface area (Å²) in [6, 6.07) is 9.36. The molecule has 6 nitrogen and oxygen atoms in total. The number of ether oxygens (including phenoxy) is 1. The Bertz CT molecular complexity index is 1020. The van der Waals surface area contributed by atoms with Crippen LogP contribution in [0.25, 0.3) is 16.7 Å². The van der Waals surface area contributed by atoms with Gasteiger partial charge in [-0.1, -0.05) is 23.7 Å². The quantitative estimate of drug-likeness (QED) is 0.662. The number of hydrogen-bond acceptors (Lipinski definition) is 4. The molecule has 31 heavy (non-hydrogen) atoms. The van der Waals surface area contributed by atoms with E-state index in [1.165, 1.54) is 4.90 Å². The Labute approximate surface area is 188 Å². The Hall–Kier alpha value is -2.86. The van der Waals surface area contributed by atoms with Crippen LogP contribution in [0.1, 0.15) is 43.2 Å². The van der Waals surface area contributed by atoms with Crippen molar-refractivity contribution in [3.63, 3.8) is 0 Å². The zero-order valence-electron chi connectivity index (χ0n) is 18.6. The van der Waals surface area contributed by atoms with Gasteiger partial charge in [-0.05, 0) is 68.2 Å². The van der Waals surface area contributed by atoms with E-state index in [0.717, 1.165) is 22.4 Å². The van der Waals surface area contributed by atoms with Crippen molar-refractivity contribution in [1.29, 1.82) is 0 Å². The molecule has 164 valence electrons. The lowest BCUT2D eigenvalue weighted by Gasteiger charge is -2.29. The number of amides is 2. The van der Waals surface area contributed by atoms with Gasteiger partial charge in [0.1, 0.15) is 5.60 Å². The molecule has 0 fully saturated rings. The summed E-state index contributed by atoms with van der Waals surface area (Å²) in [4.78, 5) is 32.2. The molecule has 0 aliphatic carbocycles. The summed E-state index contributed by atoms with van der Waals surface area (Å²) in [5.41, 5.74) is 3.80. The Kier molecular flexibility index (Phi) is 6.70. The SMILES string of the molecule is CN(C)C(=O)c1ccc(-c2ccnc(C3=CCN(C(=O)OC(C)(C)C)CC3)c2)cc1Cl. The van der Waals surface area contributed by atoms with Crippen molar-refractivity contribution < 1.29 is 14.3 Å². The van der Waals surface area contributed by atoms with E-state index < -0.39 is 5.60 Å². The number of carbonyl (C=O) groups excluding carboxylic acids is 2. The zero-order valence-corrected chi connectivity index (χ0v) is 19.4. The van der Waals surface area contributed by atoms with Crippen LogP contribution in [-0.4, -0.2) is 59.6 Å². The lowest BCUT2D eigenvalue weighted by Crippen LogP contribution is -2.39. The highest BCUT2D eigenvalue weighted by atomic mass is 35.5. The van der Waals surface area contributed by atoms with Gasteiger partial charge in [-0.2, -0.15) is 0 Å². The van der Waals surface area contributed by atoms with Crippen LogP contribution in [0, 0.1) is 0 Å². The van der Waals surface area contributed by atoms with Gasteiger partial charge in [0.25, 0.3) is 5.91 Å². The summed E-state index contributed by atoms with van der Waals surface area (Å²) in [5.74, 6) is -0.131. The molecule has 0 spiro atoms. The highest BCUT2D eigenvalue weighted by Gasteiger charge is 2.24. The summed E-state index contributed by atoms with van der Waals surface area (Å²) >= 11 is 6.37. The molecular formula is C24H28ClN3O3. The van der Waals surface area contributed by atoms with Crippen LogP contribution in [-0.2, 0) is 4.74 Å². The second-order valence-electron chi connectivity index (χ2n) is 8.73. The molecule has 7 heteroatoms. The van der Waals surface area contributed by atoms with Crippen LogP contribution in [0.4, 0.5) is 4.79 Å². The van der Waals surface area contributed by atoms with Gasteiger partial charge < -0.3 is 14.5 Å². The summed E-state index contributed by atoms with van der Waals surface area (Å²) in [7, 11) is 3.40. The van der Waals surface area contributed by atoms with Gasteiger partial charge in [-0.3, -0.25) is 9.78 Å². The van der Waals surface area contributed by atoms with Crippen molar-refractivity contribution in [1.82, 2.24) is 14.8 Å². The maximum Gasteiger partial charge on any atom is 0.410 e. The third-order valence-electron chi connectivity index (χ3n) is 4.89. The summed E-state index contributed by atoms with van der Waals surface area (Å²) in [5, 5.41) is 0.416. The minimum Gasteiger partial charge on any atom is -0.444 e. The Balaban J connectivity index is 1.78. The van der Waals surface area contributed by atoms with Gasteiger partial charge >= 0.3 is 6.09 Å². The molecule has 0 radical (unpaired) electrons. The molecular weight excluding hydrogens is 414 g/mol. The van der Waals surface area contributed by atoms with Crippen molar-refractivity contribution in [2.45, 2.75) is 32.8 Å². The number of nitrogens with zero attached hydrogens (tertiary/aromatic N) is 3. The Morgan fingerprint density at radius 3 is 2.42 bits per heavy atom. The predicted octanol–water partition coefficient (Wildman–Crippen LogP) is 5.13. The number of pyridine rings is 1. The van der Waals surface area contributed by atoms with Crippen LogP contribution in [0.2, 0.25) is 5.02 Å². The van der Waals surface area contributed by atoms with Crippen LogP contribution in [0.15, 0.2) is 42.6 Å². The molecule has 0 atom stereocenters. The van der Waals surface area contributed by atoms with Crippen LogP contribution >= 0.6 is 11.6 Å². The van der Waals surface area contributed by atoms with Crippen molar-refractivity contribution in [2.75, 3.05) is 27.2 Å². The first-order valence-electron chi connectivity index (χ1n) is 10.2. The minimum absolute atomic E-state index is 0.131. The number of carbonyl (C=O) groups is 2.